The van der Waals surface area contributed by atoms with Gasteiger partial charge in [0.25, 0.3) is 5.91 Å². The Morgan fingerprint density at radius 2 is 1.93 bits per heavy atom. The Labute approximate surface area is 160 Å². The maximum Gasteiger partial charge on any atom is 0.257 e. The van der Waals surface area contributed by atoms with Gasteiger partial charge in [0.1, 0.15) is 0 Å². The molecule has 0 radical (unpaired) electrons. The summed E-state index contributed by atoms with van der Waals surface area (Å²) in [5, 5.41) is 4.09. The molecule has 0 saturated carbocycles. The van der Waals surface area contributed by atoms with Gasteiger partial charge in [-0.3, -0.25) is 4.79 Å². The number of anilines is 2. The summed E-state index contributed by atoms with van der Waals surface area (Å²) in [5.41, 5.74) is 2.59. The van der Waals surface area contributed by atoms with E-state index in [0.717, 1.165) is 42.0 Å². The monoisotopic (exact) mass is 362 g/mol. The first-order valence-corrected chi connectivity index (χ1v) is 9.72. The molecule has 5 nitrogen and oxygen atoms in total. The van der Waals surface area contributed by atoms with E-state index in [1.807, 2.05) is 36.5 Å². The summed E-state index contributed by atoms with van der Waals surface area (Å²) in [6.07, 6.45) is 6.11. The standard InChI is InChI=1S/C22H26N4O/c1-16(2)14-26-15-18(17-8-3-4-10-20(17)26)22(27)24-19-9-7-11-23-21(19)25-12-5-6-13-25/h3-4,7-11,15-16H,5-6,12-14H2,1-2H3,(H,24,27). The van der Waals surface area contributed by atoms with Crippen LogP contribution in [0.2, 0.25) is 0 Å². The van der Waals surface area contributed by atoms with Crippen molar-refractivity contribution in [3.8, 4) is 0 Å². The zero-order chi connectivity index (χ0) is 18.8. The van der Waals surface area contributed by atoms with Crippen LogP contribution in [0.25, 0.3) is 10.9 Å². The van der Waals surface area contributed by atoms with Crippen molar-refractivity contribution in [1.82, 2.24) is 9.55 Å². The molecule has 2 aromatic heterocycles. The summed E-state index contributed by atoms with van der Waals surface area (Å²) in [6.45, 7) is 7.25. The molecule has 1 fully saturated rings. The lowest BCUT2D eigenvalue weighted by Crippen LogP contribution is -2.22. The zero-order valence-corrected chi connectivity index (χ0v) is 16.0. The fraction of sp³-hybridized carbons (Fsp3) is 0.364. The average Bonchev–Trinajstić information content (AvgIpc) is 3.31. The minimum absolute atomic E-state index is 0.0813. The molecule has 1 amide bonds. The van der Waals surface area contributed by atoms with E-state index in [4.69, 9.17) is 0 Å². The van der Waals surface area contributed by atoms with Crippen LogP contribution in [0.5, 0.6) is 0 Å². The van der Waals surface area contributed by atoms with Crippen molar-refractivity contribution in [2.45, 2.75) is 33.2 Å². The molecule has 1 aromatic carbocycles. The number of nitrogens with zero attached hydrogens (tertiary/aromatic N) is 3. The fourth-order valence-electron chi connectivity index (χ4n) is 3.84. The van der Waals surface area contributed by atoms with E-state index in [1.165, 1.54) is 12.8 Å². The molecule has 1 saturated heterocycles. The number of benzene rings is 1. The maximum atomic E-state index is 13.1. The van der Waals surface area contributed by atoms with Crippen molar-refractivity contribution in [3.63, 3.8) is 0 Å². The first kappa shape index (κ1) is 17.6. The van der Waals surface area contributed by atoms with Gasteiger partial charge in [-0.05, 0) is 37.0 Å². The van der Waals surface area contributed by atoms with Crippen LogP contribution in [0.4, 0.5) is 11.5 Å². The Bertz CT molecular complexity index is 954. The number of rotatable bonds is 5. The van der Waals surface area contributed by atoms with Crippen molar-refractivity contribution in [1.29, 1.82) is 0 Å². The lowest BCUT2D eigenvalue weighted by Gasteiger charge is -2.19. The van der Waals surface area contributed by atoms with Gasteiger partial charge in [0, 0.05) is 42.9 Å². The van der Waals surface area contributed by atoms with Crippen molar-refractivity contribution >= 4 is 28.3 Å². The number of carbonyl (C=O) groups excluding carboxylic acids is 1. The lowest BCUT2D eigenvalue weighted by atomic mass is 10.1. The Hall–Kier alpha value is -2.82. The second kappa shape index (κ2) is 7.43. The number of fused-ring (bicyclic) bond motifs is 1. The molecular formula is C22H26N4O. The quantitative estimate of drug-likeness (QED) is 0.725. The Morgan fingerprint density at radius 1 is 1.15 bits per heavy atom. The third-order valence-corrected chi connectivity index (χ3v) is 5.04. The molecular weight excluding hydrogens is 336 g/mol. The molecule has 27 heavy (non-hydrogen) atoms. The number of amides is 1. The molecule has 5 heteroatoms. The van der Waals surface area contributed by atoms with Crippen molar-refractivity contribution in [2.75, 3.05) is 23.3 Å². The van der Waals surface area contributed by atoms with Gasteiger partial charge in [-0.1, -0.05) is 32.0 Å². The van der Waals surface area contributed by atoms with Gasteiger partial charge in [0.05, 0.1) is 11.3 Å². The van der Waals surface area contributed by atoms with Crippen molar-refractivity contribution in [3.05, 3.63) is 54.4 Å². The second-order valence-electron chi connectivity index (χ2n) is 7.63. The van der Waals surface area contributed by atoms with Gasteiger partial charge in [0.15, 0.2) is 5.82 Å². The molecule has 0 atom stereocenters. The normalized spacial score (nSPS) is 14.3. The SMILES string of the molecule is CC(C)Cn1cc(C(=O)Nc2cccnc2N2CCCC2)c2ccccc21. The van der Waals surface area contributed by atoms with Crippen LogP contribution in [-0.2, 0) is 6.54 Å². The summed E-state index contributed by atoms with van der Waals surface area (Å²) in [4.78, 5) is 19.9. The minimum atomic E-state index is -0.0813. The van der Waals surface area contributed by atoms with E-state index in [0.29, 0.717) is 11.5 Å². The van der Waals surface area contributed by atoms with E-state index in [1.54, 1.807) is 6.20 Å². The average molecular weight is 362 g/mol. The molecule has 140 valence electrons. The smallest absolute Gasteiger partial charge is 0.257 e. The number of pyridine rings is 1. The van der Waals surface area contributed by atoms with Crippen LogP contribution >= 0.6 is 0 Å². The van der Waals surface area contributed by atoms with E-state index in [9.17, 15) is 4.79 Å². The molecule has 1 aliphatic heterocycles. The van der Waals surface area contributed by atoms with E-state index in [-0.39, 0.29) is 5.91 Å². The summed E-state index contributed by atoms with van der Waals surface area (Å²) in [6, 6.07) is 11.9. The highest BCUT2D eigenvalue weighted by Crippen LogP contribution is 2.28. The Morgan fingerprint density at radius 3 is 2.70 bits per heavy atom. The third kappa shape index (κ3) is 3.54. The molecule has 3 aromatic rings. The van der Waals surface area contributed by atoms with Gasteiger partial charge in [-0.25, -0.2) is 4.98 Å². The van der Waals surface area contributed by atoms with Crippen LogP contribution in [0, 0.1) is 5.92 Å². The van der Waals surface area contributed by atoms with E-state index < -0.39 is 0 Å². The predicted molar refractivity (Wildman–Crippen MR) is 110 cm³/mol. The summed E-state index contributed by atoms with van der Waals surface area (Å²) in [7, 11) is 0. The number of para-hydroxylation sites is 1. The van der Waals surface area contributed by atoms with Gasteiger partial charge in [0.2, 0.25) is 0 Å². The van der Waals surface area contributed by atoms with Gasteiger partial charge < -0.3 is 14.8 Å². The largest absolute Gasteiger partial charge is 0.355 e. The van der Waals surface area contributed by atoms with Crippen LogP contribution in [0.1, 0.15) is 37.0 Å². The molecule has 0 spiro atoms. The Kier molecular flexibility index (Phi) is 4.84. The first-order valence-electron chi connectivity index (χ1n) is 9.72. The van der Waals surface area contributed by atoms with Gasteiger partial charge in [-0.15, -0.1) is 0 Å². The minimum Gasteiger partial charge on any atom is -0.355 e. The Balaban J connectivity index is 1.66. The molecule has 3 heterocycles. The molecule has 1 aliphatic rings. The second-order valence-corrected chi connectivity index (χ2v) is 7.63. The van der Waals surface area contributed by atoms with Crippen LogP contribution in [0.3, 0.4) is 0 Å². The van der Waals surface area contributed by atoms with Gasteiger partial charge in [-0.2, -0.15) is 0 Å². The van der Waals surface area contributed by atoms with Crippen LogP contribution in [0.15, 0.2) is 48.8 Å². The highest BCUT2D eigenvalue weighted by atomic mass is 16.1. The number of aromatic nitrogens is 2. The van der Waals surface area contributed by atoms with Crippen LogP contribution in [-0.4, -0.2) is 28.5 Å². The lowest BCUT2D eigenvalue weighted by molar-refractivity contribution is 0.102. The number of carbonyl (C=O) groups is 1. The predicted octanol–water partition coefficient (Wildman–Crippen LogP) is 4.54. The van der Waals surface area contributed by atoms with Crippen molar-refractivity contribution < 1.29 is 4.79 Å². The number of hydrogen-bond acceptors (Lipinski definition) is 3. The molecule has 1 N–H and O–H groups in total. The van der Waals surface area contributed by atoms with Gasteiger partial charge >= 0.3 is 0 Å². The summed E-state index contributed by atoms with van der Waals surface area (Å²) < 4.78 is 2.18. The number of hydrogen-bond donors (Lipinski definition) is 1. The van der Waals surface area contributed by atoms with E-state index >= 15 is 0 Å². The first-order chi connectivity index (χ1) is 13.1. The highest BCUT2D eigenvalue weighted by Gasteiger charge is 2.20. The summed E-state index contributed by atoms with van der Waals surface area (Å²) >= 11 is 0. The molecule has 4 rings (SSSR count). The highest BCUT2D eigenvalue weighted by molar-refractivity contribution is 6.13. The molecule has 0 aliphatic carbocycles. The van der Waals surface area contributed by atoms with Crippen molar-refractivity contribution in [2.24, 2.45) is 5.92 Å². The molecule has 0 unspecified atom stereocenters. The topological polar surface area (TPSA) is 50.2 Å². The third-order valence-electron chi connectivity index (χ3n) is 5.04. The number of nitrogens with one attached hydrogen (secondary N) is 1. The zero-order valence-electron chi connectivity index (χ0n) is 16.0. The van der Waals surface area contributed by atoms with E-state index in [2.05, 4.69) is 39.7 Å². The summed E-state index contributed by atoms with van der Waals surface area (Å²) in [5.74, 6) is 1.30. The van der Waals surface area contributed by atoms with Crippen LogP contribution < -0.4 is 10.2 Å². The molecule has 0 bridgehead atoms. The maximum absolute atomic E-state index is 13.1. The fourth-order valence-corrected chi connectivity index (χ4v) is 3.84.